The Kier molecular flexibility index (Phi) is 6.74. The van der Waals surface area contributed by atoms with Crippen molar-refractivity contribution in [1.82, 2.24) is 19.6 Å². The van der Waals surface area contributed by atoms with E-state index in [9.17, 15) is 9.90 Å². The third-order valence-electron chi connectivity index (χ3n) is 5.26. The standard InChI is InChI=1S/C23H29ClN4O3/c1-13(2)28-17(6)21(16(5)25-28)19-12-20(23(29)30)27(26-19)8-7-9-31-18-10-14(3)22(24)15(4)11-18/h10-13H,7-9H2,1-6H3,(H,29,30). The predicted molar refractivity (Wildman–Crippen MR) is 121 cm³/mol. The largest absolute Gasteiger partial charge is 0.494 e. The molecular formula is C23H29ClN4O3. The van der Waals surface area contributed by atoms with E-state index in [1.165, 1.54) is 4.68 Å². The number of halogens is 1. The first-order valence-electron chi connectivity index (χ1n) is 10.4. The van der Waals surface area contributed by atoms with Crippen LogP contribution < -0.4 is 4.74 Å². The summed E-state index contributed by atoms with van der Waals surface area (Å²) in [4.78, 5) is 11.8. The van der Waals surface area contributed by atoms with Gasteiger partial charge in [0, 0.05) is 35.3 Å². The molecule has 166 valence electrons. The summed E-state index contributed by atoms with van der Waals surface area (Å²) in [6.45, 7) is 12.8. The fourth-order valence-corrected chi connectivity index (χ4v) is 3.92. The number of benzene rings is 1. The molecule has 0 spiro atoms. The second-order valence-corrected chi connectivity index (χ2v) is 8.48. The average molecular weight is 445 g/mol. The second-order valence-electron chi connectivity index (χ2n) is 8.10. The highest BCUT2D eigenvalue weighted by Gasteiger charge is 2.21. The molecule has 0 aliphatic heterocycles. The van der Waals surface area contributed by atoms with Gasteiger partial charge < -0.3 is 9.84 Å². The van der Waals surface area contributed by atoms with E-state index in [4.69, 9.17) is 16.3 Å². The van der Waals surface area contributed by atoms with Gasteiger partial charge in [0.1, 0.15) is 11.4 Å². The lowest BCUT2D eigenvalue weighted by molar-refractivity contribution is 0.0682. The number of carbonyl (C=O) groups is 1. The molecule has 2 heterocycles. The fourth-order valence-electron chi connectivity index (χ4n) is 3.81. The van der Waals surface area contributed by atoms with E-state index in [1.807, 2.05) is 44.5 Å². The first-order chi connectivity index (χ1) is 14.6. The first-order valence-corrected chi connectivity index (χ1v) is 10.7. The smallest absolute Gasteiger partial charge is 0.354 e. The van der Waals surface area contributed by atoms with Crippen molar-refractivity contribution in [2.45, 2.75) is 60.5 Å². The Bertz CT molecular complexity index is 1090. The van der Waals surface area contributed by atoms with E-state index in [2.05, 4.69) is 24.0 Å². The SMILES string of the molecule is Cc1cc(OCCCn2nc(-c3c(C)nn(C(C)C)c3C)cc2C(=O)O)cc(C)c1Cl. The minimum Gasteiger partial charge on any atom is -0.494 e. The Morgan fingerprint density at radius 3 is 2.32 bits per heavy atom. The summed E-state index contributed by atoms with van der Waals surface area (Å²) >= 11 is 6.20. The molecule has 1 N–H and O–H groups in total. The van der Waals surface area contributed by atoms with Crippen molar-refractivity contribution >= 4 is 17.6 Å². The number of rotatable bonds is 8. The molecule has 3 rings (SSSR count). The van der Waals surface area contributed by atoms with Crippen LogP contribution in [0, 0.1) is 27.7 Å². The van der Waals surface area contributed by atoms with E-state index < -0.39 is 5.97 Å². The highest BCUT2D eigenvalue weighted by atomic mass is 35.5. The number of carboxylic acids is 1. The molecule has 0 saturated heterocycles. The van der Waals surface area contributed by atoms with Gasteiger partial charge in [-0.3, -0.25) is 9.36 Å². The molecule has 1 aromatic carbocycles. The van der Waals surface area contributed by atoms with Gasteiger partial charge in [0.15, 0.2) is 0 Å². The van der Waals surface area contributed by atoms with Gasteiger partial charge in [0.05, 0.1) is 18.0 Å². The third kappa shape index (κ3) is 4.77. The van der Waals surface area contributed by atoms with Gasteiger partial charge in [-0.25, -0.2) is 4.79 Å². The van der Waals surface area contributed by atoms with Crippen LogP contribution in [-0.4, -0.2) is 37.2 Å². The Balaban J connectivity index is 1.75. The van der Waals surface area contributed by atoms with Crippen LogP contribution in [-0.2, 0) is 6.54 Å². The zero-order valence-corrected chi connectivity index (χ0v) is 19.6. The molecular weight excluding hydrogens is 416 g/mol. The van der Waals surface area contributed by atoms with Gasteiger partial charge >= 0.3 is 5.97 Å². The number of aryl methyl sites for hydroxylation is 4. The Morgan fingerprint density at radius 1 is 1.13 bits per heavy atom. The molecule has 31 heavy (non-hydrogen) atoms. The summed E-state index contributed by atoms with van der Waals surface area (Å²) in [7, 11) is 0. The third-order valence-corrected chi connectivity index (χ3v) is 5.86. The quantitative estimate of drug-likeness (QED) is 0.471. The van der Waals surface area contributed by atoms with Crippen molar-refractivity contribution in [2.24, 2.45) is 0 Å². The molecule has 3 aromatic rings. The summed E-state index contributed by atoms with van der Waals surface area (Å²) in [5.41, 5.74) is 5.42. The van der Waals surface area contributed by atoms with E-state index in [0.717, 1.165) is 38.9 Å². The summed E-state index contributed by atoms with van der Waals surface area (Å²) < 4.78 is 9.31. The highest BCUT2D eigenvalue weighted by Crippen LogP contribution is 2.29. The van der Waals surface area contributed by atoms with Gasteiger partial charge in [0.2, 0.25) is 0 Å². The fraction of sp³-hybridized carbons (Fsp3) is 0.435. The van der Waals surface area contributed by atoms with E-state index in [0.29, 0.717) is 25.3 Å². The van der Waals surface area contributed by atoms with Crippen molar-refractivity contribution in [3.8, 4) is 17.0 Å². The molecule has 0 amide bonds. The second kappa shape index (κ2) is 9.14. The normalized spacial score (nSPS) is 11.4. The van der Waals surface area contributed by atoms with Gasteiger partial charge in [0.25, 0.3) is 0 Å². The van der Waals surface area contributed by atoms with Gasteiger partial charge in [-0.1, -0.05) is 11.6 Å². The van der Waals surface area contributed by atoms with E-state index in [1.54, 1.807) is 6.07 Å². The number of aromatic nitrogens is 4. The molecule has 7 nitrogen and oxygen atoms in total. The van der Waals surface area contributed by atoms with Crippen LogP contribution in [0.2, 0.25) is 5.02 Å². The van der Waals surface area contributed by atoms with E-state index >= 15 is 0 Å². The molecule has 2 aromatic heterocycles. The van der Waals surface area contributed by atoms with Crippen LogP contribution in [0.15, 0.2) is 18.2 Å². The number of ether oxygens (including phenoxy) is 1. The Morgan fingerprint density at radius 2 is 1.77 bits per heavy atom. The minimum absolute atomic E-state index is 0.157. The zero-order chi connectivity index (χ0) is 22.9. The van der Waals surface area contributed by atoms with Crippen molar-refractivity contribution in [1.29, 1.82) is 0 Å². The van der Waals surface area contributed by atoms with Gasteiger partial charge in [-0.15, -0.1) is 0 Å². The van der Waals surface area contributed by atoms with Crippen LogP contribution >= 0.6 is 11.6 Å². The first kappa shape index (κ1) is 22.9. The lowest BCUT2D eigenvalue weighted by Crippen LogP contribution is -2.12. The summed E-state index contributed by atoms with van der Waals surface area (Å²) in [5, 5.41) is 19.6. The van der Waals surface area contributed by atoms with Crippen LogP contribution in [0.25, 0.3) is 11.3 Å². The molecule has 0 radical (unpaired) electrons. The Hall–Kier alpha value is -2.80. The summed E-state index contributed by atoms with van der Waals surface area (Å²) in [6, 6.07) is 5.64. The molecule has 0 aliphatic rings. The zero-order valence-electron chi connectivity index (χ0n) is 18.9. The summed E-state index contributed by atoms with van der Waals surface area (Å²) in [5.74, 6) is -0.249. The lowest BCUT2D eigenvalue weighted by atomic mass is 10.1. The van der Waals surface area contributed by atoms with Crippen molar-refractivity contribution in [3.05, 3.63) is 51.4 Å². The van der Waals surface area contributed by atoms with Crippen molar-refractivity contribution in [3.63, 3.8) is 0 Å². The molecule has 0 bridgehead atoms. The van der Waals surface area contributed by atoms with Crippen molar-refractivity contribution in [2.75, 3.05) is 6.61 Å². The van der Waals surface area contributed by atoms with Crippen LogP contribution in [0.1, 0.15) is 59.3 Å². The Labute approximate surface area is 187 Å². The van der Waals surface area contributed by atoms with Crippen LogP contribution in [0.3, 0.4) is 0 Å². The highest BCUT2D eigenvalue weighted by molar-refractivity contribution is 6.32. The molecule has 0 fully saturated rings. The lowest BCUT2D eigenvalue weighted by Gasteiger charge is -2.10. The topological polar surface area (TPSA) is 82.2 Å². The molecule has 0 atom stereocenters. The average Bonchev–Trinajstić information content (AvgIpc) is 3.23. The van der Waals surface area contributed by atoms with Crippen LogP contribution in [0.5, 0.6) is 5.75 Å². The van der Waals surface area contributed by atoms with Crippen LogP contribution in [0.4, 0.5) is 0 Å². The predicted octanol–water partition coefficient (Wildman–Crippen LogP) is 5.38. The number of hydrogen-bond donors (Lipinski definition) is 1. The maximum Gasteiger partial charge on any atom is 0.354 e. The molecule has 0 unspecified atom stereocenters. The summed E-state index contributed by atoms with van der Waals surface area (Å²) in [6.07, 6.45) is 0.616. The number of carboxylic acid groups (broad SMARTS) is 1. The van der Waals surface area contributed by atoms with Gasteiger partial charge in [-0.2, -0.15) is 10.2 Å². The molecule has 8 heteroatoms. The van der Waals surface area contributed by atoms with Gasteiger partial charge in [-0.05, 0) is 70.9 Å². The number of hydrogen-bond acceptors (Lipinski definition) is 4. The minimum atomic E-state index is -1.00. The maximum atomic E-state index is 11.8. The maximum absolute atomic E-state index is 11.8. The molecule has 0 saturated carbocycles. The number of nitrogens with zero attached hydrogens (tertiary/aromatic N) is 4. The van der Waals surface area contributed by atoms with E-state index in [-0.39, 0.29) is 11.7 Å². The molecule has 0 aliphatic carbocycles. The van der Waals surface area contributed by atoms with Crippen molar-refractivity contribution < 1.29 is 14.6 Å². The monoisotopic (exact) mass is 444 g/mol. The number of aromatic carboxylic acids is 1.